The van der Waals surface area contributed by atoms with Gasteiger partial charge in [0, 0.05) is 39.3 Å². The fourth-order valence-electron chi connectivity index (χ4n) is 2.26. The van der Waals surface area contributed by atoms with Gasteiger partial charge in [0.05, 0.1) is 5.75 Å². The smallest absolute Gasteiger partial charge is 0.266 e. The highest BCUT2D eigenvalue weighted by Gasteiger charge is 2.18. The number of benzene rings is 1. The van der Waals surface area contributed by atoms with Gasteiger partial charge in [-0.25, -0.2) is 0 Å². The van der Waals surface area contributed by atoms with E-state index >= 15 is 0 Å². The van der Waals surface area contributed by atoms with Crippen LogP contribution >= 0.6 is 0 Å². The second-order valence-electron chi connectivity index (χ2n) is 4.89. The van der Waals surface area contributed by atoms with Crippen molar-refractivity contribution < 1.29 is 13.0 Å². The summed E-state index contributed by atoms with van der Waals surface area (Å²) in [4.78, 5) is 4.44. The normalized spacial score (nSPS) is 18.6. The Morgan fingerprint density at radius 2 is 1.58 bits per heavy atom. The van der Waals surface area contributed by atoms with Gasteiger partial charge in [-0.05, 0) is 5.56 Å². The lowest BCUT2D eigenvalue weighted by atomic mass is 10.2. The quantitative estimate of drug-likeness (QED) is 0.806. The molecule has 5 nitrogen and oxygen atoms in total. The third-order valence-electron chi connectivity index (χ3n) is 3.38. The maximum absolute atomic E-state index is 10.7. The highest BCUT2D eigenvalue weighted by molar-refractivity contribution is 7.85. The van der Waals surface area contributed by atoms with E-state index in [0.717, 1.165) is 32.7 Å². The minimum atomic E-state index is -3.84. The molecule has 1 aliphatic heterocycles. The zero-order chi connectivity index (χ0) is 13.7. The molecule has 0 aliphatic carbocycles. The fourth-order valence-corrected chi connectivity index (χ4v) is 2.75. The highest BCUT2D eigenvalue weighted by Crippen LogP contribution is 2.08. The summed E-state index contributed by atoms with van der Waals surface area (Å²) < 4.78 is 30.1. The standard InChI is InChI=1S/C13H20N2O3S/c16-19(17,18)11-10-14-6-8-15(9-7-14)12-13-4-2-1-3-5-13/h1-5H,6-12H2,(H,16,17,18). The third kappa shape index (κ3) is 5.28. The van der Waals surface area contributed by atoms with Gasteiger partial charge < -0.3 is 0 Å². The second kappa shape index (κ2) is 6.47. The van der Waals surface area contributed by atoms with Crippen molar-refractivity contribution in [3.63, 3.8) is 0 Å². The molecule has 1 heterocycles. The van der Waals surface area contributed by atoms with Crippen LogP contribution in [-0.2, 0) is 16.7 Å². The number of hydrogen-bond donors (Lipinski definition) is 1. The highest BCUT2D eigenvalue weighted by atomic mass is 32.2. The first kappa shape index (κ1) is 14.5. The van der Waals surface area contributed by atoms with Crippen LogP contribution < -0.4 is 0 Å². The number of nitrogens with zero attached hydrogens (tertiary/aromatic N) is 2. The minimum absolute atomic E-state index is 0.175. The molecule has 1 N–H and O–H groups in total. The molecule has 106 valence electrons. The van der Waals surface area contributed by atoms with Crippen LogP contribution in [0, 0.1) is 0 Å². The Labute approximate surface area is 114 Å². The third-order valence-corrected chi connectivity index (χ3v) is 4.08. The van der Waals surface area contributed by atoms with Crippen LogP contribution in [0.2, 0.25) is 0 Å². The lowest BCUT2D eigenvalue weighted by Crippen LogP contribution is -2.47. The maximum atomic E-state index is 10.7. The van der Waals surface area contributed by atoms with Crippen LogP contribution in [0.3, 0.4) is 0 Å². The molecule has 0 spiro atoms. The SMILES string of the molecule is O=S(=O)(O)CCN1CCN(Cc2ccccc2)CC1. The summed E-state index contributed by atoms with van der Waals surface area (Å²) >= 11 is 0. The summed E-state index contributed by atoms with van der Waals surface area (Å²) in [5, 5.41) is 0. The molecule has 0 unspecified atom stereocenters. The van der Waals surface area contributed by atoms with Crippen LogP contribution in [-0.4, -0.2) is 61.2 Å². The van der Waals surface area contributed by atoms with Crippen molar-refractivity contribution in [3.05, 3.63) is 35.9 Å². The Hall–Kier alpha value is -0.950. The average molecular weight is 284 g/mol. The molecule has 19 heavy (non-hydrogen) atoms. The topological polar surface area (TPSA) is 60.9 Å². The molecule has 0 amide bonds. The summed E-state index contributed by atoms with van der Waals surface area (Å²) in [5.41, 5.74) is 1.30. The van der Waals surface area contributed by atoms with Gasteiger partial charge in [0.15, 0.2) is 0 Å². The van der Waals surface area contributed by atoms with E-state index in [1.54, 1.807) is 0 Å². The Balaban J connectivity index is 1.74. The predicted molar refractivity (Wildman–Crippen MR) is 74.6 cm³/mol. The van der Waals surface area contributed by atoms with Crippen LogP contribution in [0.5, 0.6) is 0 Å². The first-order valence-corrected chi connectivity index (χ1v) is 8.08. The maximum Gasteiger partial charge on any atom is 0.266 e. The number of hydrogen-bond acceptors (Lipinski definition) is 4. The molecule has 6 heteroatoms. The van der Waals surface area contributed by atoms with Crippen LogP contribution in [0.4, 0.5) is 0 Å². The molecule has 0 saturated carbocycles. The number of piperazine rings is 1. The molecule has 1 fully saturated rings. The van der Waals surface area contributed by atoms with Gasteiger partial charge >= 0.3 is 0 Å². The van der Waals surface area contributed by atoms with Gasteiger partial charge in [0.1, 0.15) is 0 Å². The molecule has 1 aromatic carbocycles. The molecule has 2 rings (SSSR count). The lowest BCUT2D eigenvalue weighted by Gasteiger charge is -2.34. The molecule has 0 bridgehead atoms. The van der Waals surface area contributed by atoms with Gasteiger partial charge in [-0.15, -0.1) is 0 Å². The van der Waals surface area contributed by atoms with Gasteiger partial charge in [0.25, 0.3) is 10.1 Å². The van der Waals surface area contributed by atoms with Crippen LogP contribution in [0.15, 0.2) is 30.3 Å². The van der Waals surface area contributed by atoms with Gasteiger partial charge in [0.2, 0.25) is 0 Å². The van der Waals surface area contributed by atoms with E-state index < -0.39 is 10.1 Å². The monoisotopic (exact) mass is 284 g/mol. The Morgan fingerprint density at radius 3 is 2.16 bits per heavy atom. The molecular formula is C13H20N2O3S. The van der Waals surface area contributed by atoms with E-state index in [4.69, 9.17) is 4.55 Å². The Bertz CT molecular complexity index is 482. The van der Waals surface area contributed by atoms with E-state index in [1.807, 2.05) is 18.2 Å². The van der Waals surface area contributed by atoms with Crippen molar-refractivity contribution in [2.75, 3.05) is 38.5 Å². The van der Waals surface area contributed by atoms with Crippen LogP contribution in [0.1, 0.15) is 5.56 Å². The van der Waals surface area contributed by atoms with E-state index in [2.05, 4.69) is 21.9 Å². The molecular weight excluding hydrogens is 264 g/mol. The molecule has 0 atom stereocenters. The zero-order valence-corrected chi connectivity index (χ0v) is 11.7. The zero-order valence-electron chi connectivity index (χ0n) is 10.9. The van der Waals surface area contributed by atoms with Gasteiger partial charge in [-0.2, -0.15) is 8.42 Å². The van der Waals surface area contributed by atoms with Gasteiger partial charge in [-0.3, -0.25) is 14.4 Å². The summed E-state index contributed by atoms with van der Waals surface area (Å²) in [6.07, 6.45) is 0. The predicted octanol–water partition coefficient (Wildman–Crippen LogP) is 0.692. The van der Waals surface area contributed by atoms with E-state index in [-0.39, 0.29) is 5.75 Å². The van der Waals surface area contributed by atoms with Crippen molar-refractivity contribution in [1.29, 1.82) is 0 Å². The fraction of sp³-hybridized carbons (Fsp3) is 0.538. The summed E-state index contributed by atoms with van der Waals surface area (Å²) in [7, 11) is -3.84. The van der Waals surface area contributed by atoms with Gasteiger partial charge in [-0.1, -0.05) is 30.3 Å². The van der Waals surface area contributed by atoms with E-state index in [9.17, 15) is 8.42 Å². The molecule has 1 aliphatic rings. The molecule has 0 aromatic heterocycles. The molecule has 0 radical (unpaired) electrons. The van der Waals surface area contributed by atoms with Crippen molar-refractivity contribution >= 4 is 10.1 Å². The van der Waals surface area contributed by atoms with Crippen molar-refractivity contribution in [3.8, 4) is 0 Å². The number of rotatable bonds is 5. The first-order valence-electron chi connectivity index (χ1n) is 6.47. The first-order chi connectivity index (χ1) is 9.03. The minimum Gasteiger partial charge on any atom is -0.300 e. The van der Waals surface area contributed by atoms with Crippen molar-refractivity contribution in [2.45, 2.75) is 6.54 Å². The molecule has 1 aromatic rings. The van der Waals surface area contributed by atoms with E-state index in [1.165, 1.54) is 5.56 Å². The summed E-state index contributed by atoms with van der Waals surface area (Å²) in [6.45, 7) is 4.91. The van der Waals surface area contributed by atoms with Crippen molar-refractivity contribution in [1.82, 2.24) is 9.80 Å². The van der Waals surface area contributed by atoms with Crippen molar-refractivity contribution in [2.24, 2.45) is 0 Å². The summed E-state index contributed by atoms with van der Waals surface area (Å²) in [5.74, 6) is -0.175. The van der Waals surface area contributed by atoms with E-state index in [0.29, 0.717) is 6.54 Å². The second-order valence-corrected chi connectivity index (χ2v) is 6.46. The average Bonchev–Trinajstić information content (AvgIpc) is 2.38. The Kier molecular flexibility index (Phi) is 4.93. The lowest BCUT2D eigenvalue weighted by molar-refractivity contribution is 0.132. The summed E-state index contributed by atoms with van der Waals surface area (Å²) in [6, 6.07) is 10.3. The van der Waals surface area contributed by atoms with Crippen LogP contribution in [0.25, 0.3) is 0 Å². The largest absolute Gasteiger partial charge is 0.300 e. The Morgan fingerprint density at radius 1 is 1.00 bits per heavy atom. The molecule has 1 saturated heterocycles.